The molecule has 6 rings (SSSR count). The summed E-state index contributed by atoms with van der Waals surface area (Å²) in [5.74, 6) is -1.42. The van der Waals surface area contributed by atoms with Gasteiger partial charge in [0.15, 0.2) is 0 Å². The number of benzene rings is 2. The van der Waals surface area contributed by atoms with E-state index in [4.69, 9.17) is 14.2 Å². The summed E-state index contributed by atoms with van der Waals surface area (Å²) in [5, 5.41) is 0. The van der Waals surface area contributed by atoms with E-state index >= 15 is 0 Å². The number of rotatable bonds is 9. The summed E-state index contributed by atoms with van der Waals surface area (Å²) in [6.45, 7) is 1.38. The number of carbonyl (C=O) groups is 3. The minimum atomic E-state index is -10.1. The van der Waals surface area contributed by atoms with E-state index in [2.05, 4.69) is 4.98 Å². The second-order valence-electron chi connectivity index (χ2n) is 12.3. The van der Waals surface area contributed by atoms with Crippen LogP contribution in [0.25, 0.3) is 0 Å². The molecule has 3 saturated heterocycles. The van der Waals surface area contributed by atoms with Gasteiger partial charge in [0.05, 0.1) is 31.3 Å². The Labute approximate surface area is 273 Å². The number of likely N-dealkylation sites (tertiary alicyclic amines) is 2. The molecule has 1 unspecified atom stereocenters. The SMILES string of the molecule is CO[C@@H]1C[C@H](C(=O)N(c2ccc(S(F)(F)(F)(F)F)cc2)C(C(=O)N2CC3(COC3)C2)c2cccnc2)N(C(=O)OCc2ccccc2)C1. The zero-order valence-corrected chi connectivity index (χ0v) is 26.5. The molecule has 0 saturated carbocycles. The third-order valence-electron chi connectivity index (χ3n) is 8.79. The van der Waals surface area contributed by atoms with Crippen LogP contribution in [0, 0.1) is 5.41 Å². The second-order valence-corrected chi connectivity index (χ2v) is 14.8. The van der Waals surface area contributed by atoms with E-state index in [1.165, 1.54) is 36.5 Å². The molecule has 3 fully saturated rings. The van der Waals surface area contributed by atoms with E-state index in [9.17, 15) is 33.8 Å². The third kappa shape index (κ3) is 6.82. The van der Waals surface area contributed by atoms with Crippen LogP contribution in [0.4, 0.5) is 29.9 Å². The average Bonchev–Trinajstić information content (AvgIpc) is 3.45. The number of hydrogen-bond donors (Lipinski definition) is 0. The molecule has 10 nitrogen and oxygen atoms in total. The number of hydrogen-bond acceptors (Lipinski definition) is 7. The smallest absolute Gasteiger partial charge is 0.410 e. The number of pyridine rings is 1. The molecule has 2 aromatic carbocycles. The van der Waals surface area contributed by atoms with Gasteiger partial charge in [-0.3, -0.25) is 24.4 Å². The molecule has 16 heteroatoms. The third-order valence-corrected chi connectivity index (χ3v) is 9.95. The number of methoxy groups -OCH3 is 1. The lowest BCUT2D eigenvalue weighted by Gasteiger charge is -2.56. The summed E-state index contributed by atoms with van der Waals surface area (Å²) in [5.41, 5.74) is 0.420. The summed E-state index contributed by atoms with van der Waals surface area (Å²) < 4.78 is 84.8. The second kappa shape index (κ2) is 11.7. The Kier molecular flexibility index (Phi) is 8.19. The molecule has 3 atom stereocenters. The molecular weight excluding hydrogens is 663 g/mol. The van der Waals surface area contributed by atoms with Crippen molar-refractivity contribution in [2.75, 3.05) is 44.9 Å². The molecule has 3 aliphatic rings. The maximum Gasteiger partial charge on any atom is 0.410 e. The molecule has 3 amide bonds. The first-order chi connectivity index (χ1) is 22.6. The number of halogens is 5. The van der Waals surface area contributed by atoms with E-state index in [0.29, 0.717) is 31.9 Å². The highest BCUT2D eigenvalue weighted by molar-refractivity contribution is 8.45. The van der Waals surface area contributed by atoms with Gasteiger partial charge in [0, 0.05) is 50.3 Å². The number of ether oxygens (including phenoxy) is 3. The lowest BCUT2D eigenvalue weighted by atomic mass is 9.77. The molecule has 0 aliphatic carbocycles. The van der Waals surface area contributed by atoms with Crippen molar-refractivity contribution in [3.05, 3.63) is 90.3 Å². The topological polar surface area (TPSA) is 102 Å². The standard InChI is InChI=1S/C32H33F5N4O6S/c1-45-25-14-27(40(16-25)31(44)47-17-22-6-3-2-4-7-22)29(42)41(24-9-11-26(12-10-24)48(33,34,35,36)37)28(23-8-5-13-38-15-23)30(43)39-18-32(19-39)20-46-21-32/h2-13,15,25,27-28H,14,16-21H2,1H3/t25-,27-,28?/m1/s1. The Morgan fingerprint density at radius 2 is 1.69 bits per heavy atom. The summed E-state index contributed by atoms with van der Waals surface area (Å²) in [6.07, 6.45) is 1.27. The van der Waals surface area contributed by atoms with Crippen LogP contribution in [-0.2, 0) is 30.4 Å². The lowest BCUT2D eigenvalue weighted by Crippen LogP contribution is -2.68. The molecule has 258 valence electrons. The van der Waals surface area contributed by atoms with Gasteiger partial charge < -0.3 is 19.1 Å². The molecule has 0 radical (unpaired) electrons. The van der Waals surface area contributed by atoms with Crippen LogP contribution in [0.5, 0.6) is 0 Å². The van der Waals surface area contributed by atoms with Gasteiger partial charge in [-0.2, -0.15) is 0 Å². The zero-order chi connectivity index (χ0) is 34.4. The first-order valence-corrected chi connectivity index (χ1v) is 17.0. The summed E-state index contributed by atoms with van der Waals surface area (Å²) in [4.78, 5) is 47.9. The first kappa shape index (κ1) is 33.6. The van der Waals surface area contributed by atoms with Crippen molar-refractivity contribution in [1.82, 2.24) is 14.8 Å². The number of amides is 3. The van der Waals surface area contributed by atoms with Crippen LogP contribution in [0.15, 0.2) is 84.0 Å². The molecule has 4 heterocycles. The molecular formula is C32H33F5N4O6S. The van der Waals surface area contributed by atoms with Crippen LogP contribution in [0.2, 0.25) is 0 Å². The summed E-state index contributed by atoms with van der Waals surface area (Å²) in [7, 11) is -8.68. The van der Waals surface area contributed by atoms with Gasteiger partial charge in [0.2, 0.25) is 0 Å². The van der Waals surface area contributed by atoms with Crippen molar-refractivity contribution in [3.63, 3.8) is 0 Å². The van der Waals surface area contributed by atoms with E-state index in [0.717, 1.165) is 21.9 Å². The Balaban J connectivity index is 1.39. The molecule has 0 bridgehead atoms. The fourth-order valence-corrected chi connectivity index (χ4v) is 6.89. The van der Waals surface area contributed by atoms with E-state index in [1.807, 2.05) is 0 Å². The lowest BCUT2D eigenvalue weighted by molar-refractivity contribution is -0.196. The quantitative estimate of drug-likeness (QED) is 0.250. The van der Waals surface area contributed by atoms with Crippen molar-refractivity contribution in [1.29, 1.82) is 0 Å². The van der Waals surface area contributed by atoms with Gasteiger partial charge >= 0.3 is 16.3 Å². The summed E-state index contributed by atoms with van der Waals surface area (Å²) in [6, 6.07) is 10.9. The van der Waals surface area contributed by atoms with Crippen molar-refractivity contribution in [2.45, 2.75) is 36.1 Å². The first-order valence-electron chi connectivity index (χ1n) is 15.0. The Hall–Kier alpha value is -4.28. The van der Waals surface area contributed by atoms with Crippen LogP contribution >= 0.6 is 10.2 Å². The van der Waals surface area contributed by atoms with Crippen molar-refractivity contribution in [2.24, 2.45) is 5.41 Å². The fourth-order valence-electron chi connectivity index (χ4n) is 6.24. The maximum absolute atomic E-state index is 14.7. The maximum atomic E-state index is 14.7. The Morgan fingerprint density at radius 1 is 1.00 bits per heavy atom. The highest BCUT2D eigenvalue weighted by Crippen LogP contribution is 3.02. The largest absolute Gasteiger partial charge is 0.445 e. The average molecular weight is 697 g/mol. The van der Waals surface area contributed by atoms with Crippen LogP contribution < -0.4 is 4.90 Å². The van der Waals surface area contributed by atoms with E-state index in [1.54, 1.807) is 30.3 Å². The number of anilines is 1. The molecule has 48 heavy (non-hydrogen) atoms. The molecule has 1 aromatic heterocycles. The Morgan fingerprint density at radius 3 is 2.25 bits per heavy atom. The minimum Gasteiger partial charge on any atom is -0.445 e. The highest BCUT2D eigenvalue weighted by atomic mass is 32.5. The predicted octanol–water partition coefficient (Wildman–Crippen LogP) is 6.10. The van der Waals surface area contributed by atoms with Crippen molar-refractivity contribution < 1.29 is 48.0 Å². The van der Waals surface area contributed by atoms with Gasteiger partial charge in [-0.05, 0) is 35.9 Å². The van der Waals surface area contributed by atoms with Crippen molar-refractivity contribution in [3.8, 4) is 0 Å². The van der Waals surface area contributed by atoms with Gasteiger partial charge in [0.1, 0.15) is 23.6 Å². The van der Waals surface area contributed by atoms with Crippen LogP contribution in [-0.4, -0.2) is 84.8 Å². The van der Waals surface area contributed by atoms with Crippen LogP contribution in [0.1, 0.15) is 23.6 Å². The molecule has 3 aromatic rings. The molecule has 3 aliphatic heterocycles. The van der Waals surface area contributed by atoms with Gasteiger partial charge in [-0.15, -0.1) is 0 Å². The summed E-state index contributed by atoms with van der Waals surface area (Å²) >= 11 is 0. The number of carbonyl (C=O) groups excluding carboxylic acids is 3. The van der Waals surface area contributed by atoms with Gasteiger partial charge in [0.25, 0.3) is 11.8 Å². The number of nitrogens with zero attached hydrogens (tertiary/aromatic N) is 4. The Bertz CT molecular complexity index is 1670. The zero-order valence-electron chi connectivity index (χ0n) is 25.7. The monoisotopic (exact) mass is 696 g/mol. The van der Waals surface area contributed by atoms with Gasteiger partial charge in [-0.1, -0.05) is 55.8 Å². The minimum absolute atomic E-state index is 0.0338. The number of aromatic nitrogens is 1. The van der Waals surface area contributed by atoms with Crippen LogP contribution in [0.3, 0.4) is 0 Å². The predicted molar refractivity (Wildman–Crippen MR) is 165 cm³/mol. The fraction of sp³-hybridized carbons (Fsp3) is 0.375. The van der Waals surface area contributed by atoms with Gasteiger partial charge in [-0.25, -0.2) is 4.79 Å². The molecule has 1 spiro atoms. The molecule has 0 N–H and O–H groups in total. The van der Waals surface area contributed by atoms with Crippen molar-refractivity contribution >= 4 is 33.8 Å². The van der Waals surface area contributed by atoms with E-state index in [-0.39, 0.29) is 48.4 Å². The van der Waals surface area contributed by atoms with E-state index < -0.39 is 51.2 Å². The normalized spacial score (nSPS) is 22.1. The highest BCUT2D eigenvalue weighted by Gasteiger charge is 2.65.